The molecular formula is C20H31N5O. The molecule has 1 atom stereocenters. The van der Waals surface area contributed by atoms with Crippen LogP contribution in [-0.2, 0) is 18.7 Å². The Morgan fingerprint density at radius 3 is 2.65 bits per heavy atom. The molecule has 26 heavy (non-hydrogen) atoms. The standard InChI is InChI=1S/C20H31N5O/c1-5-21-19(23-13-18-22-11-12-25(18)14-16(2)3)24-15-20(4,26)17-9-7-6-8-10-17/h6-12,16,26H,5,13-15H2,1-4H3,(H2,21,23,24). The van der Waals surface area contributed by atoms with Crippen molar-refractivity contribution < 1.29 is 5.11 Å². The number of nitrogens with one attached hydrogen (secondary N) is 2. The molecule has 1 unspecified atom stereocenters. The summed E-state index contributed by atoms with van der Waals surface area (Å²) in [6, 6.07) is 9.65. The second kappa shape index (κ2) is 9.38. The van der Waals surface area contributed by atoms with Gasteiger partial charge in [0.2, 0.25) is 0 Å². The highest BCUT2D eigenvalue weighted by Crippen LogP contribution is 2.18. The van der Waals surface area contributed by atoms with E-state index in [4.69, 9.17) is 0 Å². The smallest absolute Gasteiger partial charge is 0.191 e. The van der Waals surface area contributed by atoms with Crippen molar-refractivity contribution >= 4 is 5.96 Å². The molecular weight excluding hydrogens is 326 g/mol. The van der Waals surface area contributed by atoms with Crippen LogP contribution in [0.25, 0.3) is 0 Å². The summed E-state index contributed by atoms with van der Waals surface area (Å²) >= 11 is 0. The number of aromatic nitrogens is 2. The van der Waals surface area contributed by atoms with E-state index in [0.29, 0.717) is 25.0 Å². The highest BCUT2D eigenvalue weighted by molar-refractivity contribution is 5.79. The van der Waals surface area contributed by atoms with Crippen LogP contribution in [0.5, 0.6) is 0 Å². The van der Waals surface area contributed by atoms with Gasteiger partial charge in [0.25, 0.3) is 0 Å². The molecule has 0 radical (unpaired) electrons. The van der Waals surface area contributed by atoms with Gasteiger partial charge in [0.05, 0.1) is 6.54 Å². The fraction of sp³-hybridized carbons (Fsp3) is 0.500. The van der Waals surface area contributed by atoms with Gasteiger partial charge in [-0.05, 0) is 25.3 Å². The number of imidazole rings is 1. The van der Waals surface area contributed by atoms with Gasteiger partial charge < -0.3 is 20.3 Å². The summed E-state index contributed by atoms with van der Waals surface area (Å²) < 4.78 is 2.14. The monoisotopic (exact) mass is 357 g/mol. The molecule has 0 aliphatic rings. The minimum absolute atomic E-state index is 0.364. The summed E-state index contributed by atoms with van der Waals surface area (Å²) in [6.07, 6.45) is 3.80. The third kappa shape index (κ3) is 5.88. The number of nitrogens with zero attached hydrogens (tertiary/aromatic N) is 3. The quantitative estimate of drug-likeness (QED) is 0.501. The highest BCUT2D eigenvalue weighted by Gasteiger charge is 2.22. The maximum absolute atomic E-state index is 10.7. The molecule has 0 bridgehead atoms. The van der Waals surface area contributed by atoms with Crippen LogP contribution in [0.4, 0.5) is 0 Å². The van der Waals surface area contributed by atoms with Crippen molar-refractivity contribution in [1.29, 1.82) is 0 Å². The molecule has 142 valence electrons. The summed E-state index contributed by atoms with van der Waals surface area (Å²) in [5, 5.41) is 17.2. The van der Waals surface area contributed by atoms with Gasteiger partial charge in [-0.2, -0.15) is 0 Å². The number of guanidine groups is 1. The number of benzene rings is 1. The molecule has 6 nitrogen and oxygen atoms in total. The molecule has 3 N–H and O–H groups in total. The Hall–Kier alpha value is -2.34. The number of rotatable bonds is 8. The number of hydrogen-bond acceptors (Lipinski definition) is 3. The van der Waals surface area contributed by atoms with E-state index in [0.717, 1.165) is 24.5 Å². The van der Waals surface area contributed by atoms with Gasteiger partial charge in [-0.3, -0.25) is 0 Å². The summed E-state index contributed by atoms with van der Waals surface area (Å²) in [5.74, 6) is 2.16. The lowest BCUT2D eigenvalue weighted by Crippen LogP contribution is -2.44. The first-order chi connectivity index (χ1) is 12.4. The summed E-state index contributed by atoms with van der Waals surface area (Å²) in [4.78, 5) is 9.03. The first-order valence-electron chi connectivity index (χ1n) is 9.22. The molecule has 0 fully saturated rings. The third-order valence-corrected chi connectivity index (χ3v) is 4.08. The van der Waals surface area contributed by atoms with Crippen LogP contribution in [0.15, 0.2) is 47.7 Å². The normalized spacial score (nSPS) is 14.3. The minimum atomic E-state index is -0.979. The minimum Gasteiger partial charge on any atom is -0.384 e. The first kappa shape index (κ1) is 20.0. The van der Waals surface area contributed by atoms with Crippen LogP contribution < -0.4 is 10.6 Å². The second-order valence-electron chi connectivity index (χ2n) is 7.08. The largest absolute Gasteiger partial charge is 0.384 e. The van der Waals surface area contributed by atoms with Gasteiger partial charge in [0.15, 0.2) is 5.96 Å². The van der Waals surface area contributed by atoms with E-state index in [1.807, 2.05) is 49.6 Å². The van der Waals surface area contributed by atoms with Crippen LogP contribution in [-0.4, -0.2) is 33.7 Å². The van der Waals surface area contributed by atoms with E-state index >= 15 is 0 Å². The van der Waals surface area contributed by atoms with E-state index in [1.54, 1.807) is 6.92 Å². The van der Waals surface area contributed by atoms with Crippen molar-refractivity contribution in [3.8, 4) is 0 Å². The molecule has 0 aliphatic heterocycles. The SMILES string of the molecule is CCNC(=NCc1nccn1CC(C)C)NCC(C)(O)c1ccccc1. The van der Waals surface area contributed by atoms with Crippen molar-refractivity contribution in [2.45, 2.75) is 46.4 Å². The summed E-state index contributed by atoms with van der Waals surface area (Å²) in [7, 11) is 0. The Balaban J connectivity index is 2.02. The molecule has 0 aliphatic carbocycles. The molecule has 6 heteroatoms. The van der Waals surface area contributed by atoms with Gasteiger partial charge in [-0.25, -0.2) is 9.98 Å². The number of hydrogen-bond donors (Lipinski definition) is 3. The van der Waals surface area contributed by atoms with E-state index in [1.165, 1.54) is 0 Å². The Morgan fingerprint density at radius 2 is 2.00 bits per heavy atom. The molecule has 0 saturated carbocycles. The molecule has 1 heterocycles. The molecule has 0 spiro atoms. The fourth-order valence-corrected chi connectivity index (χ4v) is 2.70. The zero-order valence-electron chi connectivity index (χ0n) is 16.2. The van der Waals surface area contributed by atoms with E-state index in [2.05, 4.69) is 39.0 Å². The van der Waals surface area contributed by atoms with Gasteiger partial charge >= 0.3 is 0 Å². The lowest BCUT2D eigenvalue weighted by atomic mass is 9.96. The lowest BCUT2D eigenvalue weighted by Gasteiger charge is -2.25. The molecule has 0 amide bonds. The Bertz CT molecular complexity index is 691. The van der Waals surface area contributed by atoms with Crippen LogP contribution >= 0.6 is 0 Å². The van der Waals surface area contributed by atoms with E-state index < -0.39 is 5.60 Å². The van der Waals surface area contributed by atoms with Gasteiger partial charge in [-0.15, -0.1) is 0 Å². The average Bonchev–Trinajstić information content (AvgIpc) is 3.04. The van der Waals surface area contributed by atoms with Gasteiger partial charge in [0.1, 0.15) is 18.0 Å². The van der Waals surface area contributed by atoms with Crippen LogP contribution in [0, 0.1) is 5.92 Å². The third-order valence-electron chi connectivity index (χ3n) is 4.08. The molecule has 1 aromatic heterocycles. The maximum atomic E-state index is 10.7. The predicted molar refractivity (Wildman–Crippen MR) is 106 cm³/mol. The zero-order chi connectivity index (χ0) is 19.0. The highest BCUT2D eigenvalue weighted by atomic mass is 16.3. The van der Waals surface area contributed by atoms with Crippen LogP contribution in [0.3, 0.4) is 0 Å². The summed E-state index contributed by atoms with van der Waals surface area (Å²) in [6.45, 7) is 10.7. The topological polar surface area (TPSA) is 74.5 Å². The molecule has 1 aromatic carbocycles. The van der Waals surface area contributed by atoms with Crippen molar-refractivity contribution in [1.82, 2.24) is 20.2 Å². The lowest BCUT2D eigenvalue weighted by molar-refractivity contribution is 0.0617. The van der Waals surface area contributed by atoms with Crippen molar-refractivity contribution in [2.24, 2.45) is 10.9 Å². The van der Waals surface area contributed by atoms with E-state index in [9.17, 15) is 5.11 Å². The first-order valence-corrected chi connectivity index (χ1v) is 9.22. The predicted octanol–water partition coefficient (Wildman–Crippen LogP) is 2.50. The number of aliphatic hydroxyl groups is 1. The zero-order valence-corrected chi connectivity index (χ0v) is 16.2. The molecule has 2 rings (SSSR count). The van der Waals surface area contributed by atoms with Crippen LogP contribution in [0.2, 0.25) is 0 Å². The maximum Gasteiger partial charge on any atom is 0.191 e. The van der Waals surface area contributed by atoms with E-state index in [-0.39, 0.29) is 0 Å². The van der Waals surface area contributed by atoms with Crippen LogP contribution in [0.1, 0.15) is 39.1 Å². The second-order valence-corrected chi connectivity index (χ2v) is 7.08. The summed E-state index contributed by atoms with van der Waals surface area (Å²) in [5.41, 5.74) is -0.107. The Morgan fingerprint density at radius 1 is 1.27 bits per heavy atom. The molecule has 0 saturated heterocycles. The Labute approximate surface area is 156 Å². The molecule has 2 aromatic rings. The Kier molecular flexibility index (Phi) is 7.21. The van der Waals surface area contributed by atoms with Crippen molar-refractivity contribution in [2.75, 3.05) is 13.1 Å². The van der Waals surface area contributed by atoms with Crippen molar-refractivity contribution in [3.63, 3.8) is 0 Å². The number of aliphatic imine (C=N–C) groups is 1. The van der Waals surface area contributed by atoms with Gasteiger partial charge in [0, 0.05) is 25.5 Å². The fourth-order valence-electron chi connectivity index (χ4n) is 2.70. The average molecular weight is 358 g/mol. The van der Waals surface area contributed by atoms with Gasteiger partial charge in [-0.1, -0.05) is 44.2 Å². The van der Waals surface area contributed by atoms with Crippen molar-refractivity contribution in [3.05, 3.63) is 54.1 Å².